The molecule has 2 saturated heterocycles. The zero-order valence-electron chi connectivity index (χ0n) is 14.2. The quantitative estimate of drug-likeness (QED) is 0.815. The van der Waals surface area contributed by atoms with Crippen LogP contribution < -0.4 is 15.5 Å². The fourth-order valence-corrected chi connectivity index (χ4v) is 3.11. The summed E-state index contributed by atoms with van der Waals surface area (Å²) in [6.45, 7) is 7.43. The molecule has 0 aliphatic carbocycles. The number of nitrogens with zero attached hydrogens (tertiary/aromatic N) is 4. The van der Waals surface area contributed by atoms with Gasteiger partial charge in [-0.15, -0.1) is 0 Å². The van der Waals surface area contributed by atoms with E-state index in [1.807, 2.05) is 24.8 Å². The number of aryl methyl sites for hydroxylation is 1. The van der Waals surface area contributed by atoms with Crippen molar-refractivity contribution < 1.29 is 9.59 Å². The fraction of sp³-hybridized carbons (Fsp3) is 0.625. The number of rotatable bonds is 4. The molecule has 2 aliphatic heterocycles. The van der Waals surface area contributed by atoms with E-state index in [-0.39, 0.29) is 17.9 Å². The topological polar surface area (TPSA) is 90.5 Å². The van der Waals surface area contributed by atoms with E-state index in [0.717, 1.165) is 18.1 Å². The van der Waals surface area contributed by atoms with E-state index >= 15 is 0 Å². The molecular formula is C16H24N6O2. The molecule has 0 bridgehead atoms. The van der Waals surface area contributed by atoms with Gasteiger partial charge in [0.05, 0.1) is 0 Å². The van der Waals surface area contributed by atoms with Gasteiger partial charge in [-0.3, -0.25) is 9.59 Å². The van der Waals surface area contributed by atoms with Gasteiger partial charge in [-0.1, -0.05) is 0 Å². The minimum absolute atomic E-state index is 0.0269. The third-order valence-corrected chi connectivity index (χ3v) is 4.37. The molecule has 2 amide bonds. The highest BCUT2D eigenvalue weighted by Gasteiger charge is 2.32. The van der Waals surface area contributed by atoms with Crippen LogP contribution in [0.15, 0.2) is 6.07 Å². The Morgan fingerprint density at radius 1 is 1.33 bits per heavy atom. The van der Waals surface area contributed by atoms with Gasteiger partial charge in [-0.05, 0) is 20.3 Å². The van der Waals surface area contributed by atoms with Crippen molar-refractivity contribution in [3.05, 3.63) is 11.8 Å². The number of hydrogen-bond acceptors (Lipinski definition) is 6. The van der Waals surface area contributed by atoms with Crippen molar-refractivity contribution >= 4 is 23.6 Å². The first-order valence-electron chi connectivity index (χ1n) is 8.49. The Kier molecular flexibility index (Phi) is 4.82. The summed E-state index contributed by atoms with van der Waals surface area (Å²) in [5, 5.41) is 5.96. The fourth-order valence-electron chi connectivity index (χ4n) is 3.11. The lowest BCUT2D eigenvalue weighted by molar-refractivity contribution is -0.134. The summed E-state index contributed by atoms with van der Waals surface area (Å²) in [7, 11) is 0. The number of carbonyl (C=O) groups is 2. The molecule has 1 aromatic heterocycles. The summed E-state index contributed by atoms with van der Waals surface area (Å²) in [4.78, 5) is 36.7. The van der Waals surface area contributed by atoms with Crippen LogP contribution in [0.1, 0.15) is 25.5 Å². The average Bonchev–Trinajstić information content (AvgIpc) is 3.00. The Balaban J connectivity index is 1.60. The van der Waals surface area contributed by atoms with Crippen LogP contribution in [0.25, 0.3) is 0 Å². The Bertz CT molecular complexity index is 627. The summed E-state index contributed by atoms with van der Waals surface area (Å²) < 4.78 is 0. The molecule has 1 atom stereocenters. The van der Waals surface area contributed by atoms with Gasteiger partial charge in [0, 0.05) is 50.9 Å². The van der Waals surface area contributed by atoms with Gasteiger partial charge < -0.3 is 20.4 Å². The normalized spacial score (nSPS) is 20.9. The van der Waals surface area contributed by atoms with E-state index in [0.29, 0.717) is 45.0 Å². The van der Waals surface area contributed by atoms with Crippen molar-refractivity contribution in [2.45, 2.75) is 32.7 Å². The number of hydrogen-bond donors (Lipinski definition) is 2. The molecule has 2 N–H and O–H groups in total. The highest BCUT2D eigenvalue weighted by Crippen LogP contribution is 2.17. The zero-order valence-corrected chi connectivity index (χ0v) is 14.2. The zero-order chi connectivity index (χ0) is 17.1. The van der Waals surface area contributed by atoms with E-state index < -0.39 is 0 Å². The summed E-state index contributed by atoms with van der Waals surface area (Å²) in [5.41, 5.74) is 0.920. The number of amides is 2. The second-order valence-corrected chi connectivity index (χ2v) is 6.20. The smallest absolute Gasteiger partial charge is 0.245 e. The molecule has 0 saturated carbocycles. The lowest BCUT2D eigenvalue weighted by Gasteiger charge is -2.36. The number of aromatic nitrogens is 2. The van der Waals surface area contributed by atoms with E-state index in [1.54, 1.807) is 0 Å². The van der Waals surface area contributed by atoms with Gasteiger partial charge in [-0.25, -0.2) is 4.98 Å². The molecule has 24 heavy (non-hydrogen) atoms. The van der Waals surface area contributed by atoms with Crippen molar-refractivity contribution in [3.8, 4) is 0 Å². The second-order valence-electron chi connectivity index (χ2n) is 6.20. The summed E-state index contributed by atoms with van der Waals surface area (Å²) in [5.74, 6) is 1.52. The summed E-state index contributed by atoms with van der Waals surface area (Å²) in [6.07, 6.45) is 1.05. The Morgan fingerprint density at radius 2 is 2.08 bits per heavy atom. The monoisotopic (exact) mass is 332 g/mol. The largest absolute Gasteiger partial charge is 0.370 e. The predicted molar refractivity (Wildman–Crippen MR) is 90.9 cm³/mol. The number of nitrogens with one attached hydrogen (secondary N) is 2. The van der Waals surface area contributed by atoms with Crippen molar-refractivity contribution in [1.29, 1.82) is 0 Å². The molecular weight excluding hydrogens is 308 g/mol. The summed E-state index contributed by atoms with van der Waals surface area (Å²) in [6, 6.07) is 1.58. The number of piperazine rings is 1. The van der Waals surface area contributed by atoms with Crippen LogP contribution in [0, 0.1) is 6.92 Å². The van der Waals surface area contributed by atoms with E-state index in [9.17, 15) is 9.59 Å². The van der Waals surface area contributed by atoms with Crippen molar-refractivity contribution in [3.63, 3.8) is 0 Å². The van der Waals surface area contributed by atoms with E-state index in [2.05, 4.69) is 25.5 Å². The molecule has 1 aromatic rings. The lowest BCUT2D eigenvalue weighted by Crippen LogP contribution is -2.53. The van der Waals surface area contributed by atoms with Gasteiger partial charge in [0.25, 0.3) is 0 Å². The molecule has 0 spiro atoms. The maximum atomic E-state index is 12.4. The van der Waals surface area contributed by atoms with Crippen LogP contribution in [-0.4, -0.2) is 65.4 Å². The Labute approximate surface area is 141 Å². The standard InChI is InChI=1S/C16H24N6O2/c1-3-17-13-10-11(2)18-16(20-13)22-8-6-21(7-9-22)15(24)12-4-5-14(23)19-12/h10,12H,3-9H2,1-2H3,(H,19,23)(H,17,18,20). The van der Waals surface area contributed by atoms with Crippen LogP contribution in [0.5, 0.6) is 0 Å². The van der Waals surface area contributed by atoms with Gasteiger partial charge in [0.2, 0.25) is 17.8 Å². The maximum absolute atomic E-state index is 12.4. The van der Waals surface area contributed by atoms with Gasteiger partial charge in [0.1, 0.15) is 11.9 Å². The van der Waals surface area contributed by atoms with E-state index in [1.165, 1.54) is 0 Å². The Morgan fingerprint density at radius 3 is 2.71 bits per heavy atom. The molecule has 8 nitrogen and oxygen atoms in total. The van der Waals surface area contributed by atoms with Crippen LogP contribution >= 0.6 is 0 Å². The molecule has 0 radical (unpaired) electrons. The minimum atomic E-state index is -0.348. The van der Waals surface area contributed by atoms with Crippen LogP contribution in [0.3, 0.4) is 0 Å². The van der Waals surface area contributed by atoms with Crippen molar-refractivity contribution in [1.82, 2.24) is 20.2 Å². The molecule has 3 heterocycles. The molecule has 0 aromatic carbocycles. The van der Waals surface area contributed by atoms with Gasteiger partial charge in [-0.2, -0.15) is 4.98 Å². The number of carbonyl (C=O) groups excluding carboxylic acids is 2. The molecule has 2 fully saturated rings. The highest BCUT2D eigenvalue weighted by atomic mass is 16.2. The first kappa shape index (κ1) is 16.5. The molecule has 130 valence electrons. The van der Waals surface area contributed by atoms with Crippen molar-refractivity contribution in [2.75, 3.05) is 42.9 Å². The van der Waals surface area contributed by atoms with Gasteiger partial charge >= 0.3 is 0 Å². The first-order chi connectivity index (χ1) is 11.6. The lowest BCUT2D eigenvalue weighted by atomic mass is 10.2. The van der Waals surface area contributed by atoms with Crippen LogP contribution in [-0.2, 0) is 9.59 Å². The first-order valence-corrected chi connectivity index (χ1v) is 8.49. The molecule has 2 aliphatic rings. The molecule has 3 rings (SSSR count). The minimum Gasteiger partial charge on any atom is -0.370 e. The van der Waals surface area contributed by atoms with Crippen LogP contribution in [0.2, 0.25) is 0 Å². The molecule has 1 unspecified atom stereocenters. The van der Waals surface area contributed by atoms with Gasteiger partial charge in [0.15, 0.2) is 0 Å². The number of anilines is 2. The molecule has 8 heteroatoms. The Hall–Kier alpha value is -2.38. The maximum Gasteiger partial charge on any atom is 0.245 e. The second kappa shape index (κ2) is 7.02. The third-order valence-electron chi connectivity index (χ3n) is 4.37. The third kappa shape index (κ3) is 3.58. The predicted octanol–water partition coefficient (Wildman–Crippen LogP) is 0.144. The average molecular weight is 332 g/mol. The van der Waals surface area contributed by atoms with Crippen molar-refractivity contribution in [2.24, 2.45) is 0 Å². The SMILES string of the molecule is CCNc1cc(C)nc(N2CCN(C(=O)C3CCC(=O)N3)CC2)n1. The summed E-state index contributed by atoms with van der Waals surface area (Å²) >= 11 is 0. The highest BCUT2D eigenvalue weighted by molar-refractivity contribution is 5.90. The van der Waals surface area contributed by atoms with Crippen LogP contribution in [0.4, 0.5) is 11.8 Å². The van der Waals surface area contributed by atoms with E-state index in [4.69, 9.17) is 0 Å².